The summed E-state index contributed by atoms with van der Waals surface area (Å²) >= 11 is 0. The summed E-state index contributed by atoms with van der Waals surface area (Å²) in [5.74, 6) is 5.56. The third kappa shape index (κ3) is 7.70. The van der Waals surface area contributed by atoms with E-state index >= 15 is 0 Å². The molecule has 2 aromatic rings. The Hall–Kier alpha value is -3.10. The first-order chi connectivity index (χ1) is 17.2. The molecule has 0 aromatic heterocycles. The highest BCUT2D eigenvalue weighted by Gasteiger charge is 2.47. The fourth-order valence-corrected chi connectivity index (χ4v) is 3.70. The van der Waals surface area contributed by atoms with Gasteiger partial charge in [-0.3, -0.25) is 0 Å². The van der Waals surface area contributed by atoms with Crippen LogP contribution in [0.3, 0.4) is 0 Å². The summed E-state index contributed by atoms with van der Waals surface area (Å²) in [6.07, 6.45) is -5.47. The summed E-state index contributed by atoms with van der Waals surface area (Å²) in [6.45, 7) is 4.25. The molecular weight excluding hydrogens is 479 g/mol. The van der Waals surface area contributed by atoms with E-state index in [2.05, 4.69) is 21.7 Å². The van der Waals surface area contributed by atoms with E-state index in [4.69, 9.17) is 23.8 Å². The molecule has 0 saturated carbocycles. The SMILES string of the molecule is CCO[C@@H]1[C@@H](OC)[C@H](C)O[C@@H](O/N=C/c2ccc(C#Cc3ccc(OC(F)(F)F)cc3)cc2)[C@@H]1OC. The van der Waals surface area contributed by atoms with Crippen LogP contribution in [0.25, 0.3) is 0 Å². The number of alkyl halides is 3. The van der Waals surface area contributed by atoms with E-state index in [0.29, 0.717) is 12.2 Å². The van der Waals surface area contributed by atoms with Crippen molar-refractivity contribution in [2.45, 2.75) is 50.9 Å². The minimum Gasteiger partial charge on any atom is -0.406 e. The van der Waals surface area contributed by atoms with Crippen LogP contribution in [0.1, 0.15) is 30.5 Å². The molecule has 0 radical (unpaired) electrons. The summed E-state index contributed by atoms with van der Waals surface area (Å²) in [6, 6.07) is 12.5. The van der Waals surface area contributed by atoms with E-state index in [1.54, 1.807) is 38.5 Å². The normalized spacial score (nSPS) is 24.2. The lowest BCUT2D eigenvalue weighted by molar-refractivity contribution is -0.308. The molecule has 7 nitrogen and oxygen atoms in total. The zero-order valence-electron chi connectivity index (χ0n) is 20.3. The minimum absolute atomic E-state index is 0.288. The van der Waals surface area contributed by atoms with Gasteiger partial charge in [0.25, 0.3) is 6.29 Å². The van der Waals surface area contributed by atoms with Crippen LogP contribution in [0, 0.1) is 11.8 Å². The Kier molecular flexibility index (Phi) is 9.73. The standard InChI is InChI=1S/C26H28F3NO6/c1-5-33-23-22(31-3)17(2)34-25(24(23)32-4)36-30-16-20-10-8-18(9-11-20)6-7-19-12-14-21(15-13-19)35-26(27,28)29/h8-17,22-25H,5H2,1-4H3/b30-16+/t17-,22-,23+,24+,25-/m0/s1. The van der Waals surface area contributed by atoms with Crippen LogP contribution < -0.4 is 4.74 Å². The molecule has 194 valence electrons. The Morgan fingerprint density at radius 2 is 1.50 bits per heavy atom. The van der Waals surface area contributed by atoms with E-state index in [1.807, 2.05) is 13.8 Å². The van der Waals surface area contributed by atoms with E-state index in [-0.39, 0.29) is 24.1 Å². The van der Waals surface area contributed by atoms with Gasteiger partial charge in [0.2, 0.25) is 0 Å². The highest BCUT2D eigenvalue weighted by atomic mass is 19.4. The second-order valence-electron chi connectivity index (χ2n) is 7.81. The van der Waals surface area contributed by atoms with Gasteiger partial charge in [0.1, 0.15) is 18.0 Å². The van der Waals surface area contributed by atoms with Crippen molar-refractivity contribution in [1.29, 1.82) is 0 Å². The van der Waals surface area contributed by atoms with Crippen LogP contribution in [-0.4, -0.2) is 64.1 Å². The molecule has 1 aliphatic rings. The summed E-state index contributed by atoms with van der Waals surface area (Å²) < 4.78 is 63.4. The van der Waals surface area contributed by atoms with Gasteiger partial charge in [-0.05, 0) is 55.8 Å². The average molecular weight is 508 g/mol. The molecule has 0 bridgehead atoms. The summed E-state index contributed by atoms with van der Waals surface area (Å²) in [7, 11) is 3.15. The molecule has 36 heavy (non-hydrogen) atoms. The molecule has 0 spiro atoms. The van der Waals surface area contributed by atoms with Crippen LogP contribution in [-0.2, 0) is 23.8 Å². The highest BCUT2D eigenvalue weighted by Crippen LogP contribution is 2.28. The van der Waals surface area contributed by atoms with Crippen LogP contribution >= 0.6 is 0 Å². The molecule has 5 atom stereocenters. The van der Waals surface area contributed by atoms with E-state index in [1.165, 1.54) is 30.5 Å². The summed E-state index contributed by atoms with van der Waals surface area (Å²) in [5, 5.41) is 4.05. The zero-order valence-corrected chi connectivity index (χ0v) is 20.3. The van der Waals surface area contributed by atoms with Crippen LogP contribution in [0.2, 0.25) is 0 Å². The fraction of sp³-hybridized carbons (Fsp3) is 0.423. The average Bonchev–Trinajstić information content (AvgIpc) is 2.84. The molecule has 1 fully saturated rings. The molecule has 0 aliphatic carbocycles. The monoisotopic (exact) mass is 507 g/mol. The summed E-state index contributed by atoms with van der Waals surface area (Å²) in [4.78, 5) is 5.58. The van der Waals surface area contributed by atoms with Crippen LogP contribution in [0.15, 0.2) is 53.7 Å². The first-order valence-electron chi connectivity index (χ1n) is 11.2. The number of hydrogen-bond donors (Lipinski definition) is 0. The largest absolute Gasteiger partial charge is 0.573 e. The van der Waals surface area contributed by atoms with Gasteiger partial charge in [0.05, 0.1) is 12.3 Å². The zero-order chi connectivity index (χ0) is 26.1. The maximum absolute atomic E-state index is 12.2. The molecule has 0 N–H and O–H groups in total. The molecule has 2 aromatic carbocycles. The maximum Gasteiger partial charge on any atom is 0.573 e. The van der Waals surface area contributed by atoms with E-state index < -0.39 is 18.8 Å². The maximum atomic E-state index is 12.2. The van der Waals surface area contributed by atoms with Crippen molar-refractivity contribution >= 4 is 6.21 Å². The van der Waals surface area contributed by atoms with Crippen molar-refractivity contribution in [3.05, 3.63) is 65.2 Å². The number of benzene rings is 2. The molecule has 1 saturated heterocycles. The van der Waals surface area contributed by atoms with Crippen molar-refractivity contribution in [2.24, 2.45) is 5.16 Å². The number of methoxy groups -OCH3 is 2. The Morgan fingerprint density at radius 1 is 0.917 bits per heavy atom. The van der Waals surface area contributed by atoms with Crippen LogP contribution in [0.5, 0.6) is 5.75 Å². The number of rotatable bonds is 8. The molecule has 0 unspecified atom stereocenters. The van der Waals surface area contributed by atoms with Gasteiger partial charge in [-0.2, -0.15) is 0 Å². The molecule has 3 rings (SSSR count). The predicted octanol–water partition coefficient (Wildman–Crippen LogP) is 4.52. The first-order valence-corrected chi connectivity index (χ1v) is 11.2. The highest BCUT2D eigenvalue weighted by molar-refractivity contribution is 5.79. The summed E-state index contributed by atoms with van der Waals surface area (Å²) in [5.41, 5.74) is 2.04. The van der Waals surface area contributed by atoms with Crippen molar-refractivity contribution in [2.75, 3.05) is 20.8 Å². The van der Waals surface area contributed by atoms with Crippen molar-refractivity contribution in [3.63, 3.8) is 0 Å². The lowest BCUT2D eigenvalue weighted by Gasteiger charge is -2.42. The van der Waals surface area contributed by atoms with Crippen molar-refractivity contribution in [1.82, 2.24) is 0 Å². The topological polar surface area (TPSA) is 67.7 Å². The second-order valence-corrected chi connectivity index (χ2v) is 7.81. The Labute approximate surface area is 208 Å². The predicted molar refractivity (Wildman–Crippen MR) is 126 cm³/mol. The van der Waals surface area contributed by atoms with E-state index in [0.717, 1.165) is 11.1 Å². The molecule has 1 heterocycles. The lowest BCUT2D eigenvalue weighted by atomic mass is 9.99. The second kappa shape index (κ2) is 12.7. The Balaban J connectivity index is 1.59. The first kappa shape index (κ1) is 27.5. The number of oxime groups is 1. The minimum atomic E-state index is -4.73. The molecule has 10 heteroatoms. The van der Waals surface area contributed by atoms with Gasteiger partial charge >= 0.3 is 6.36 Å². The number of halogens is 3. The van der Waals surface area contributed by atoms with Crippen molar-refractivity contribution in [3.8, 4) is 17.6 Å². The van der Waals surface area contributed by atoms with Crippen molar-refractivity contribution < 1.29 is 41.7 Å². The lowest BCUT2D eigenvalue weighted by Crippen LogP contribution is -2.59. The fourth-order valence-electron chi connectivity index (χ4n) is 3.70. The number of hydrogen-bond acceptors (Lipinski definition) is 7. The van der Waals surface area contributed by atoms with Gasteiger partial charge in [-0.15, -0.1) is 13.2 Å². The Morgan fingerprint density at radius 3 is 2.03 bits per heavy atom. The number of nitrogens with zero attached hydrogens (tertiary/aromatic N) is 1. The molecular formula is C26H28F3NO6. The number of ether oxygens (including phenoxy) is 5. The Bertz CT molecular complexity index is 1050. The molecule has 0 amide bonds. The smallest absolute Gasteiger partial charge is 0.406 e. The van der Waals surface area contributed by atoms with Gasteiger partial charge < -0.3 is 28.5 Å². The third-order valence-electron chi connectivity index (χ3n) is 5.35. The van der Waals surface area contributed by atoms with Gasteiger partial charge in [0, 0.05) is 32.0 Å². The quantitative estimate of drug-likeness (QED) is 0.298. The van der Waals surface area contributed by atoms with Gasteiger partial charge in [-0.1, -0.05) is 29.1 Å². The molecule has 1 aliphatic heterocycles. The van der Waals surface area contributed by atoms with Gasteiger partial charge in [-0.25, -0.2) is 0 Å². The van der Waals surface area contributed by atoms with Crippen LogP contribution in [0.4, 0.5) is 13.2 Å². The van der Waals surface area contributed by atoms with Gasteiger partial charge in [0.15, 0.2) is 6.10 Å². The van der Waals surface area contributed by atoms with E-state index in [9.17, 15) is 13.2 Å². The third-order valence-corrected chi connectivity index (χ3v) is 5.35.